The third-order valence-electron chi connectivity index (χ3n) is 13.8. The molecule has 1 rings (SSSR count). The SMILES string of the molecule is CC/C=C\C/C=C\C/C=C\C/C=C\CCCCCCCCC(=O)OCC(COC1OC(C(=O)O)C(O)C(O)C1OC(=O)CC/C=C\C/C=C\C/C=C\C/C=C\CC)OC(=O)CCCCCCCCCCC/C=C\CCCCCCCC. The summed E-state index contributed by atoms with van der Waals surface area (Å²) < 4.78 is 28.4. The first kappa shape index (κ1) is 74.4. The Labute approximate surface area is 491 Å². The number of carboxylic acids is 1. The standard InChI is InChI=1S/C69H112O12/c1-4-7-10-13-16-19-22-25-27-29-31-33-35-38-40-43-46-49-52-55-61(70)77-58-60(79-62(71)56-53-50-47-44-42-39-36-34-32-30-28-26-23-20-17-14-11-8-5-2)59-78-69-67(65(74)64(73)66(81-69)68(75)76)80-63(72)57-54-51-48-45-41-37-24-21-18-15-12-9-6-3/h7,9-10,12,16,18-19,21,25-28,31,33,37,41,48,51,60,64-67,69,73-74H,4-6,8,11,13-15,17,20,22-24,29-30,32,34-36,38-40,42-47,49-50,52-59H2,1-3H3,(H,75,76)/b10-7-,12-9-,19-16-,21-18-,27-25-,28-26-,33-31-,41-37-,51-48-. The van der Waals surface area contributed by atoms with Crippen LogP contribution in [0.4, 0.5) is 0 Å². The molecule has 0 saturated carbocycles. The highest BCUT2D eigenvalue weighted by Gasteiger charge is 2.50. The molecule has 6 atom stereocenters. The van der Waals surface area contributed by atoms with Crippen molar-refractivity contribution in [3.8, 4) is 0 Å². The lowest BCUT2D eigenvalue weighted by Gasteiger charge is -2.40. The second kappa shape index (κ2) is 55.9. The van der Waals surface area contributed by atoms with Crippen LogP contribution in [0.15, 0.2) is 109 Å². The molecule has 81 heavy (non-hydrogen) atoms. The van der Waals surface area contributed by atoms with Crippen molar-refractivity contribution in [2.45, 2.75) is 289 Å². The van der Waals surface area contributed by atoms with Gasteiger partial charge in [-0.3, -0.25) is 14.4 Å². The van der Waals surface area contributed by atoms with Crippen LogP contribution in [-0.2, 0) is 42.9 Å². The van der Waals surface area contributed by atoms with Crippen molar-refractivity contribution in [2.24, 2.45) is 0 Å². The molecule has 0 aromatic carbocycles. The minimum atomic E-state index is -1.93. The summed E-state index contributed by atoms with van der Waals surface area (Å²) in [4.78, 5) is 51.2. The summed E-state index contributed by atoms with van der Waals surface area (Å²) in [5.74, 6) is -3.25. The zero-order valence-electron chi connectivity index (χ0n) is 50.7. The lowest BCUT2D eigenvalue weighted by molar-refractivity contribution is -0.301. The van der Waals surface area contributed by atoms with Gasteiger partial charge in [0, 0.05) is 19.3 Å². The molecular formula is C69H112O12. The van der Waals surface area contributed by atoms with Crippen LogP contribution in [0, 0.1) is 0 Å². The molecule has 460 valence electrons. The monoisotopic (exact) mass is 1130 g/mol. The fourth-order valence-corrected chi connectivity index (χ4v) is 9.01. The number of hydrogen-bond acceptors (Lipinski definition) is 11. The Bertz CT molecular complexity index is 1820. The number of rotatable bonds is 53. The van der Waals surface area contributed by atoms with Gasteiger partial charge in [0.2, 0.25) is 0 Å². The summed E-state index contributed by atoms with van der Waals surface area (Å²) in [7, 11) is 0. The minimum absolute atomic E-state index is 0.0665. The zero-order valence-corrected chi connectivity index (χ0v) is 50.7. The molecule has 1 fully saturated rings. The van der Waals surface area contributed by atoms with Crippen molar-refractivity contribution in [1.82, 2.24) is 0 Å². The predicted octanol–water partition coefficient (Wildman–Crippen LogP) is 17.0. The molecule has 0 spiro atoms. The van der Waals surface area contributed by atoms with Crippen LogP contribution in [0.1, 0.15) is 252 Å². The Morgan fingerprint density at radius 2 is 0.802 bits per heavy atom. The van der Waals surface area contributed by atoms with E-state index in [4.69, 9.17) is 23.7 Å². The van der Waals surface area contributed by atoms with Gasteiger partial charge >= 0.3 is 23.9 Å². The summed E-state index contributed by atoms with van der Waals surface area (Å²) in [6.07, 6.45) is 63.5. The largest absolute Gasteiger partial charge is 0.479 e. The van der Waals surface area contributed by atoms with Crippen molar-refractivity contribution in [2.75, 3.05) is 13.2 Å². The average molecular weight is 1130 g/mol. The number of allylic oxidation sites excluding steroid dienone is 18. The molecule has 0 radical (unpaired) electrons. The molecule has 6 unspecified atom stereocenters. The summed E-state index contributed by atoms with van der Waals surface area (Å²) >= 11 is 0. The highest BCUT2D eigenvalue weighted by Crippen LogP contribution is 2.26. The number of esters is 3. The van der Waals surface area contributed by atoms with Crippen molar-refractivity contribution in [1.29, 1.82) is 0 Å². The topological polar surface area (TPSA) is 175 Å². The van der Waals surface area contributed by atoms with Gasteiger partial charge in [-0.15, -0.1) is 0 Å². The van der Waals surface area contributed by atoms with Crippen molar-refractivity contribution in [3.05, 3.63) is 109 Å². The Morgan fingerprint density at radius 1 is 0.420 bits per heavy atom. The van der Waals surface area contributed by atoms with Gasteiger partial charge in [-0.1, -0.05) is 233 Å². The van der Waals surface area contributed by atoms with Crippen LogP contribution in [0.2, 0.25) is 0 Å². The maximum Gasteiger partial charge on any atom is 0.335 e. The van der Waals surface area contributed by atoms with E-state index in [0.717, 1.165) is 116 Å². The molecule has 1 aliphatic heterocycles. The van der Waals surface area contributed by atoms with Crippen LogP contribution in [0.5, 0.6) is 0 Å². The van der Waals surface area contributed by atoms with E-state index in [9.17, 15) is 34.5 Å². The molecule has 1 aliphatic rings. The van der Waals surface area contributed by atoms with Crippen LogP contribution in [0.25, 0.3) is 0 Å². The molecule has 3 N–H and O–H groups in total. The Hall–Kier alpha value is -4.62. The van der Waals surface area contributed by atoms with Gasteiger partial charge in [0.05, 0.1) is 6.61 Å². The van der Waals surface area contributed by atoms with E-state index in [1.54, 1.807) is 0 Å². The number of hydrogen-bond donors (Lipinski definition) is 3. The molecule has 12 nitrogen and oxygen atoms in total. The number of carbonyl (C=O) groups excluding carboxylic acids is 3. The fraction of sp³-hybridized carbons (Fsp3) is 0.681. The number of aliphatic hydroxyl groups is 2. The number of ether oxygens (including phenoxy) is 5. The first-order valence-corrected chi connectivity index (χ1v) is 31.9. The smallest absolute Gasteiger partial charge is 0.335 e. The van der Waals surface area contributed by atoms with Crippen LogP contribution < -0.4 is 0 Å². The third kappa shape index (κ3) is 45.6. The number of carbonyl (C=O) groups is 4. The summed E-state index contributed by atoms with van der Waals surface area (Å²) in [5.41, 5.74) is 0. The average Bonchev–Trinajstić information content (AvgIpc) is 3.46. The fourth-order valence-electron chi connectivity index (χ4n) is 9.01. The maximum absolute atomic E-state index is 13.2. The van der Waals surface area contributed by atoms with Crippen molar-refractivity contribution >= 4 is 23.9 Å². The van der Waals surface area contributed by atoms with E-state index < -0.39 is 67.3 Å². The maximum atomic E-state index is 13.2. The summed E-state index contributed by atoms with van der Waals surface area (Å²) in [6, 6.07) is 0. The van der Waals surface area contributed by atoms with Crippen molar-refractivity contribution in [3.63, 3.8) is 0 Å². The Morgan fingerprint density at radius 3 is 1.25 bits per heavy atom. The lowest BCUT2D eigenvalue weighted by atomic mass is 9.98. The molecule has 0 aromatic rings. The summed E-state index contributed by atoms with van der Waals surface area (Å²) in [6.45, 7) is 5.72. The van der Waals surface area contributed by atoms with Gasteiger partial charge in [0.25, 0.3) is 0 Å². The van der Waals surface area contributed by atoms with Crippen LogP contribution in [-0.4, -0.2) is 89.2 Å². The Balaban J connectivity index is 2.70. The number of carboxylic acid groups (broad SMARTS) is 1. The summed E-state index contributed by atoms with van der Waals surface area (Å²) in [5, 5.41) is 31.5. The van der Waals surface area contributed by atoms with E-state index >= 15 is 0 Å². The van der Waals surface area contributed by atoms with E-state index in [2.05, 4.69) is 112 Å². The lowest BCUT2D eigenvalue weighted by Crippen LogP contribution is -2.61. The minimum Gasteiger partial charge on any atom is -0.479 e. The molecular weight excluding hydrogens is 1020 g/mol. The normalized spacial score (nSPS) is 18.5. The van der Waals surface area contributed by atoms with Gasteiger partial charge in [0.1, 0.15) is 18.8 Å². The Kier molecular flexibility index (Phi) is 51.3. The van der Waals surface area contributed by atoms with E-state index in [1.807, 2.05) is 18.2 Å². The third-order valence-corrected chi connectivity index (χ3v) is 13.8. The molecule has 0 amide bonds. The molecule has 1 heterocycles. The number of aliphatic hydroxyl groups excluding tert-OH is 2. The van der Waals surface area contributed by atoms with Crippen LogP contribution in [0.3, 0.4) is 0 Å². The number of aliphatic carboxylic acids is 1. The molecule has 1 saturated heterocycles. The van der Waals surface area contributed by atoms with Gasteiger partial charge in [0.15, 0.2) is 24.6 Å². The van der Waals surface area contributed by atoms with Gasteiger partial charge in [-0.05, 0) is 109 Å². The molecule has 0 aromatic heterocycles. The second-order valence-electron chi connectivity index (χ2n) is 21.3. The van der Waals surface area contributed by atoms with E-state index in [1.165, 1.54) is 70.6 Å². The van der Waals surface area contributed by atoms with Crippen molar-refractivity contribution < 1.29 is 58.2 Å². The van der Waals surface area contributed by atoms with Gasteiger partial charge in [-0.25, -0.2) is 4.79 Å². The quantitative estimate of drug-likeness (QED) is 0.0228. The first-order valence-electron chi connectivity index (χ1n) is 31.9. The highest BCUT2D eigenvalue weighted by atomic mass is 16.7. The predicted molar refractivity (Wildman–Crippen MR) is 330 cm³/mol. The molecule has 0 aliphatic carbocycles. The molecule has 0 bridgehead atoms. The number of unbranched alkanes of at least 4 members (excludes halogenated alkanes) is 21. The zero-order chi connectivity index (χ0) is 58.9. The second-order valence-corrected chi connectivity index (χ2v) is 21.3. The molecule has 12 heteroatoms. The highest BCUT2D eigenvalue weighted by molar-refractivity contribution is 5.74. The van der Waals surface area contributed by atoms with E-state index in [0.29, 0.717) is 25.7 Å². The van der Waals surface area contributed by atoms with Gasteiger partial charge < -0.3 is 39.0 Å². The first-order chi connectivity index (χ1) is 39.6. The van der Waals surface area contributed by atoms with Crippen LogP contribution >= 0.6 is 0 Å². The van der Waals surface area contributed by atoms with E-state index in [-0.39, 0.29) is 25.9 Å². The van der Waals surface area contributed by atoms with Gasteiger partial charge in [-0.2, -0.15) is 0 Å².